The first kappa shape index (κ1) is 18.1. The second-order valence-electron chi connectivity index (χ2n) is 6.40. The molecule has 7 nitrogen and oxygen atoms in total. The van der Waals surface area contributed by atoms with Crippen LogP contribution in [0.4, 0.5) is 4.79 Å². The zero-order valence-corrected chi connectivity index (χ0v) is 14.6. The number of urea groups is 1. The van der Waals surface area contributed by atoms with E-state index in [-0.39, 0.29) is 6.54 Å². The zero-order valence-electron chi connectivity index (χ0n) is 14.6. The SMILES string of the molecule is CC1(c2ccc(C#N)cc2)C(=O)N(CC(=O)O)C(=O)N1Cc1ccccc1. The van der Waals surface area contributed by atoms with Crippen LogP contribution in [0.5, 0.6) is 0 Å². The van der Waals surface area contributed by atoms with Crippen LogP contribution in [0, 0.1) is 11.3 Å². The third kappa shape index (κ3) is 3.13. The van der Waals surface area contributed by atoms with E-state index in [4.69, 9.17) is 10.4 Å². The molecule has 3 amide bonds. The molecule has 136 valence electrons. The molecule has 0 aromatic heterocycles. The van der Waals surface area contributed by atoms with E-state index in [0.29, 0.717) is 11.1 Å². The molecule has 0 radical (unpaired) electrons. The lowest BCUT2D eigenvalue weighted by atomic mass is 9.89. The van der Waals surface area contributed by atoms with Gasteiger partial charge in [0.1, 0.15) is 12.1 Å². The minimum atomic E-state index is -1.36. The van der Waals surface area contributed by atoms with Crippen molar-refractivity contribution in [2.24, 2.45) is 0 Å². The molecule has 1 aliphatic heterocycles. The van der Waals surface area contributed by atoms with Gasteiger partial charge in [-0.1, -0.05) is 42.5 Å². The highest BCUT2D eigenvalue weighted by molar-refractivity contribution is 6.08. The molecule has 0 aliphatic carbocycles. The summed E-state index contributed by atoms with van der Waals surface area (Å²) in [5.41, 5.74) is 0.395. The maximum absolute atomic E-state index is 13.1. The van der Waals surface area contributed by atoms with Crippen molar-refractivity contribution in [2.45, 2.75) is 19.0 Å². The molecule has 1 aliphatic rings. The van der Waals surface area contributed by atoms with Crippen molar-refractivity contribution in [2.75, 3.05) is 6.54 Å². The molecule has 7 heteroatoms. The molecule has 27 heavy (non-hydrogen) atoms. The summed E-state index contributed by atoms with van der Waals surface area (Å²) in [5.74, 6) is -1.86. The van der Waals surface area contributed by atoms with E-state index in [2.05, 4.69) is 0 Å². The summed E-state index contributed by atoms with van der Waals surface area (Å²) in [5, 5.41) is 18.1. The second kappa shape index (κ2) is 6.92. The van der Waals surface area contributed by atoms with Crippen molar-refractivity contribution in [1.29, 1.82) is 5.26 Å². The summed E-state index contributed by atoms with van der Waals surface area (Å²) in [6, 6.07) is 16.9. The lowest BCUT2D eigenvalue weighted by Gasteiger charge is -2.32. The van der Waals surface area contributed by atoms with Crippen LogP contribution in [0.25, 0.3) is 0 Å². The topological polar surface area (TPSA) is 102 Å². The Morgan fingerprint density at radius 2 is 1.74 bits per heavy atom. The molecular formula is C20H17N3O4. The van der Waals surface area contributed by atoms with Gasteiger partial charge in [0.25, 0.3) is 5.91 Å². The molecule has 0 bridgehead atoms. The highest BCUT2D eigenvalue weighted by Crippen LogP contribution is 2.38. The number of imide groups is 1. The van der Waals surface area contributed by atoms with Gasteiger partial charge in [-0.3, -0.25) is 14.5 Å². The van der Waals surface area contributed by atoms with E-state index in [0.717, 1.165) is 10.5 Å². The summed E-state index contributed by atoms with van der Waals surface area (Å²) < 4.78 is 0. The second-order valence-corrected chi connectivity index (χ2v) is 6.40. The molecule has 0 saturated carbocycles. The molecule has 0 spiro atoms. The molecule has 1 saturated heterocycles. The van der Waals surface area contributed by atoms with Gasteiger partial charge in [-0.25, -0.2) is 4.79 Å². The van der Waals surface area contributed by atoms with Crippen LogP contribution < -0.4 is 0 Å². The van der Waals surface area contributed by atoms with Gasteiger partial charge in [-0.15, -0.1) is 0 Å². The van der Waals surface area contributed by atoms with E-state index in [1.807, 2.05) is 36.4 Å². The monoisotopic (exact) mass is 363 g/mol. The molecule has 1 unspecified atom stereocenters. The number of benzene rings is 2. The Bertz CT molecular complexity index is 934. The molecule has 2 aromatic rings. The number of amides is 3. The summed E-state index contributed by atoms with van der Waals surface area (Å²) in [6.45, 7) is 1.05. The van der Waals surface area contributed by atoms with Gasteiger partial charge < -0.3 is 10.0 Å². The highest BCUT2D eigenvalue weighted by atomic mass is 16.4. The molecule has 1 fully saturated rings. The van der Waals surface area contributed by atoms with Crippen LogP contribution in [-0.4, -0.2) is 39.4 Å². The van der Waals surface area contributed by atoms with E-state index >= 15 is 0 Å². The Labute approximate surface area is 156 Å². The maximum Gasteiger partial charge on any atom is 0.328 e. The number of hydrogen-bond acceptors (Lipinski definition) is 4. The van der Waals surface area contributed by atoms with Gasteiger partial charge in [0.15, 0.2) is 0 Å². The number of carbonyl (C=O) groups is 3. The average Bonchev–Trinajstić information content (AvgIpc) is 2.85. The predicted molar refractivity (Wildman–Crippen MR) is 95.2 cm³/mol. The van der Waals surface area contributed by atoms with Crippen LogP contribution in [0.1, 0.15) is 23.6 Å². The molecule has 1 heterocycles. The molecule has 3 rings (SSSR count). The third-order valence-corrected chi connectivity index (χ3v) is 4.72. The van der Waals surface area contributed by atoms with Crippen LogP contribution in [-0.2, 0) is 21.7 Å². The van der Waals surface area contributed by atoms with E-state index in [1.54, 1.807) is 31.2 Å². The Kier molecular flexibility index (Phi) is 4.65. The molecule has 1 N–H and O–H groups in total. The maximum atomic E-state index is 13.1. The van der Waals surface area contributed by atoms with Crippen molar-refractivity contribution >= 4 is 17.9 Å². The summed E-state index contributed by atoms with van der Waals surface area (Å²) >= 11 is 0. The lowest BCUT2D eigenvalue weighted by Crippen LogP contribution is -2.44. The number of nitriles is 1. The number of carboxylic acids is 1. The van der Waals surface area contributed by atoms with Crippen molar-refractivity contribution < 1.29 is 19.5 Å². The fourth-order valence-electron chi connectivity index (χ4n) is 3.22. The normalized spacial score (nSPS) is 19.3. The Morgan fingerprint density at radius 1 is 1.11 bits per heavy atom. The van der Waals surface area contributed by atoms with Crippen molar-refractivity contribution in [1.82, 2.24) is 9.80 Å². The number of carbonyl (C=O) groups excluding carboxylic acids is 2. The van der Waals surface area contributed by atoms with Gasteiger partial charge >= 0.3 is 12.0 Å². The molecule has 1 atom stereocenters. The predicted octanol–water partition coefficient (Wildman–Crippen LogP) is 2.32. The zero-order chi connectivity index (χ0) is 19.6. The fraction of sp³-hybridized carbons (Fsp3) is 0.200. The largest absolute Gasteiger partial charge is 0.480 e. The van der Waals surface area contributed by atoms with Crippen LogP contribution in [0.2, 0.25) is 0 Å². The first-order valence-corrected chi connectivity index (χ1v) is 8.28. The van der Waals surface area contributed by atoms with Crippen LogP contribution >= 0.6 is 0 Å². The standard InChI is InChI=1S/C20H17N3O4/c1-20(16-9-7-14(11-21)8-10-16)18(26)22(13-17(24)25)19(27)23(20)12-15-5-3-2-4-6-15/h2-10H,12-13H2,1H3,(H,24,25). The number of aliphatic carboxylic acids is 1. The summed E-state index contributed by atoms with van der Waals surface area (Å²) in [6.07, 6.45) is 0. The number of hydrogen-bond donors (Lipinski definition) is 1. The van der Waals surface area contributed by atoms with Gasteiger partial charge in [0.2, 0.25) is 0 Å². The van der Waals surface area contributed by atoms with Gasteiger partial charge in [-0.2, -0.15) is 5.26 Å². The first-order valence-electron chi connectivity index (χ1n) is 8.28. The van der Waals surface area contributed by atoms with Gasteiger partial charge in [0, 0.05) is 6.54 Å². The van der Waals surface area contributed by atoms with E-state index in [9.17, 15) is 14.4 Å². The number of nitrogens with zero attached hydrogens (tertiary/aromatic N) is 3. The fourth-order valence-corrected chi connectivity index (χ4v) is 3.22. The summed E-state index contributed by atoms with van der Waals surface area (Å²) in [7, 11) is 0. The minimum absolute atomic E-state index is 0.151. The molecule has 2 aromatic carbocycles. The Morgan fingerprint density at radius 3 is 2.30 bits per heavy atom. The molecular weight excluding hydrogens is 346 g/mol. The lowest BCUT2D eigenvalue weighted by molar-refractivity contribution is -0.143. The van der Waals surface area contributed by atoms with Crippen molar-refractivity contribution in [3.05, 3.63) is 71.3 Å². The van der Waals surface area contributed by atoms with E-state index in [1.165, 1.54) is 4.90 Å². The Balaban J connectivity index is 2.07. The van der Waals surface area contributed by atoms with Gasteiger partial charge in [0.05, 0.1) is 11.6 Å². The van der Waals surface area contributed by atoms with Crippen LogP contribution in [0.15, 0.2) is 54.6 Å². The number of rotatable bonds is 5. The number of carboxylic acid groups (broad SMARTS) is 1. The first-order chi connectivity index (χ1) is 12.9. The average molecular weight is 363 g/mol. The third-order valence-electron chi connectivity index (χ3n) is 4.72. The van der Waals surface area contributed by atoms with Crippen molar-refractivity contribution in [3.63, 3.8) is 0 Å². The van der Waals surface area contributed by atoms with Crippen molar-refractivity contribution in [3.8, 4) is 6.07 Å². The smallest absolute Gasteiger partial charge is 0.328 e. The van der Waals surface area contributed by atoms with Crippen LogP contribution in [0.3, 0.4) is 0 Å². The van der Waals surface area contributed by atoms with E-state index < -0.39 is 30.0 Å². The minimum Gasteiger partial charge on any atom is -0.480 e. The summed E-state index contributed by atoms with van der Waals surface area (Å²) in [4.78, 5) is 39.2. The Hall–Kier alpha value is -3.66. The highest BCUT2D eigenvalue weighted by Gasteiger charge is 2.55. The van der Waals surface area contributed by atoms with Gasteiger partial charge in [-0.05, 0) is 30.2 Å². The quantitative estimate of drug-likeness (QED) is 0.822.